The van der Waals surface area contributed by atoms with E-state index in [2.05, 4.69) is 20.3 Å². The first-order valence-electron chi connectivity index (χ1n) is 9.38. The minimum Gasteiger partial charge on any atom is -0.497 e. The molecule has 168 valence electrons. The SMILES string of the molecule is COc1ccc(-c2nc(NC(=O)c3cc(NC(C)=O)ccc3NS(C)(=O)=O)sc2C)cc1. The molecule has 0 aliphatic rings. The first kappa shape index (κ1) is 23.2. The van der Waals surface area contributed by atoms with Crippen molar-refractivity contribution in [1.82, 2.24) is 4.98 Å². The molecule has 0 bridgehead atoms. The van der Waals surface area contributed by atoms with Gasteiger partial charge in [-0.1, -0.05) is 0 Å². The van der Waals surface area contributed by atoms with Crippen molar-refractivity contribution in [3.05, 3.63) is 52.9 Å². The Labute approximate surface area is 189 Å². The fourth-order valence-corrected chi connectivity index (χ4v) is 4.34. The highest BCUT2D eigenvalue weighted by Gasteiger charge is 2.18. The largest absolute Gasteiger partial charge is 0.497 e. The maximum Gasteiger partial charge on any atom is 0.259 e. The van der Waals surface area contributed by atoms with Crippen molar-refractivity contribution in [2.75, 3.05) is 28.7 Å². The molecule has 1 aromatic heterocycles. The molecule has 32 heavy (non-hydrogen) atoms. The van der Waals surface area contributed by atoms with Crippen molar-refractivity contribution >= 4 is 49.7 Å². The third-order valence-corrected chi connectivity index (χ3v) is 5.74. The maximum atomic E-state index is 13.0. The Balaban J connectivity index is 1.91. The summed E-state index contributed by atoms with van der Waals surface area (Å²) in [6.45, 7) is 3.22. The van der Waals surface area contributed by atoms with E-state index in [4.69, 9.17) is 4.74 Å². The molecule has 3 aromatic rings. The molecule has 0 unspecified atom stereocenters. The van der Waals surface area contributed by atoms with Crippen LogP contribution in [-0.2, 0) is 14.8 Å². The summed E-state index contributed by atoms with van der Waals surface area (Å²) < 4.78 is 30.9. The number of thiazole rings is 1. The van der Waals surface area contributed by atoms with Crippen LogP contribution in [0.5, 0.6) is 5.75 Å². The topological polar surface area (TPSA) is 126 Å². The summed E-state index contributed by atoms with van der Waals surface area (Å²) in [5, 5.41) is 5.65. The van der Waals surface area contributed by atoms with Gasteiger partial charge in [0.1, 0.15) is 5.75 Å². The van der Waals surface area contributed by atoms with Crippen molar-refractivity contribution in [3.63, 3.8) is 0 Å². The van der Waals surface area contributed by atoms with E-state index in [1.165, 1.54) is 36.5 Å². The third-order valence-electron chi connectivity index (χ3n) is 4.26. The van der Waals surface area contributed by atoms with Crippen LogP contribution in [0.4, 0.5) is 16.5 Å². The molecule has 0 spiro atoms. The second-order valence-corrected chi connectivity index (χ2v) is 9.87. The Morgan fingerprint density at radius 2 is 1.75 bits per heavy atom. The number of anilines is 3. The Hall–Kier alpha value is -3.44. The Morgan fingerprint density at radius 1 is 1.06 bits per heavy atom. The fourth-order valence-electron chi connectivity index (χ4n) is 2.93. The predicted molar refractivity (Wildman–Crippen MR) is 126 cm³/mol. The highest BCUT2D eigenvalue weighted by molar-refractivity contribution is 7.92. The molecule has 2 amide bonds. The Kier molecular flexibility index (Phi) is 6.80. The van der Waals surface area contributed by atoms with Crippen LogP contribution in [0.2, 0.25) is 0 Å². The zero-order chi connectivity index (χ0) is 23.5. The molecule has 0 saturated heterocycles. The number of rotatable bonds is 7. The number of hydrogen-bond donors (Lipinski definition) is 3. The van der Waals surface area contributed by atoms with Crippen LogP contribution >= 0.6 is 11.3 Å². The van der Waals surface area contributed by atoms with Crippen molar-refractivity contribution in [1.29, 1.82) is 0 Å². The van der Waals surface area contributed by atoms with E-state index in [-0.39, 0.29) is 17.2 Å². The predicted octanol–water partition coefficient (Wildman–Crippen LogP) is 3.71. The monoisotopic (exact) mass is 474 g/mol. The van der Waals surface area contributed by atoms with Crippen LogP contribution in [0.1, 0.15) is 22.2 Å². The van der Waals surface area contributed by atoms with Crippen molar-refractivity contribution < 1.29 is 22.7 Å². The van der Waals surface area contributed by atoms with E-state index in [0.29, 0.717) is 10.8 Å². The number of nitrogens with one attached hydrogen (secondary N) is 3. The summed E-state index contributed by atoms with van der Waals surface area (Å²) >= 11 is 1.29. The molecular weight excluding hydrogens is 452 g/mol. The van der Waals surface area contributed by atoms with E-state index in [1.807, 2.05) is 31.2 Å². The number of sulfonamides is 1. The molecular formula is C21H22N4O5S2. The van der Waals surface area contributed by atoms with E-state index in [9.17, 15) is 18.0 Å². The molecule has 0 radical (unpaired) electrons. The quantitative estimate of drug-likeness (QED) is 0.479. The zero-order valence-corrected chi connectivity index (χ0v) is 19.5. The second kappa shape index (κ2) is 9.37. The summed E-state index contributed by atoms with van der Waals surface area (Å²) in [6, 6.07) is 11.7. The van der Waals surface area contributed by atoms with Gasteiger partial charge in [-0.2, -0.15) is 0 Å². The van der Waals surface area contributed by atoms with Crippen LogP contribution in [0.25, 0.3) is 11.3 Å². The number of amides is 2. The van der Waals surface area contributed by atoms with Crippen LogP contribution in [0.3, 0.4) is 0 Å². The number of methoxy groups -OCH3 is 1. The molecule has 3 rings (SSSR count). The van der Waals surface area contributed by atoms with Crippen LogP contribution in [0, 0.1) is 6.92 Å². The molecule has 0 aliphatic carbocycles. The van der Waals surface area contributed by atoms with Gasteiger partial charge in [-0.15, -0.1) is 11.3 Å². The minimum atomic E-state index is -3.63. The average molecular weight is 475 g/mol. The van der Waals surface area contributed by atoms with Gasteiger partial charge in [-0.05, 0) is 49.4 Å². The summed E-state index contributed by atoms with van der Waals surface area (Å²) in [7, 11) is -2.04. The van der Waals surface area contributed by atoms with Gasteiger partial charge in [0.05, 0.1) is 30.3 Å². The lowest BCUT2D eigenvalue weighted by Crippen LogP contribution is -2.18. The van der Waals surface area contributed by atoms with Crippen molar-refractivity contribution in [3.8, 4) is 17.0 Å². The lowest BCUT2D eigenvalue weighted by atomic mass is 10.1. The van der Waals surface area contributed by atoms with Crippen molar-refractivity contribution in [2.45, 2.75) is 13.8 Å². The molecule has 0 saturated carbocycles. The van der Waals surface area contributed by atoms with Crippen molar-refractivity contribution in [2.24, 2.45) is 0 Å². The summed E-state index contributed by atoms with van der Waals surface area (Å²) in [6.07, 6.45) is 0.988. The number of aromatic nitrogens is 1. The zero-order valence-electron chi connectivity index (χ0n) is 17.8. The van der Waals surface area contributed by atoms with E-state index in [1.54, 1.807) is 7.11 Å². The molecule has 11 heteroatoms. The molecule has 2 aromatic carbocycles. The number of carbonyl (C=O) groups excluding carboxylic acids is 2. The summed E-state index contributed by atoms with van der Waals surface area (Å²) in [4.78, 5) is 29.8. The molecule has 3 N–H and O–H groups in total. The van der Waals surface area contributed by atoms with Gasteiger partial charge < -0.3 is 10.1 Å². The van der Waals surface area contributed by atoms with Gasteiger partial charge in [-0.25, -0.2) is 13.4 Å². The smallest absolute Gasteiger partial charge is 0.259 e. The van der Waals surface area contributed by atoms with E-state index < -0.39 is 15.9 Å². The highest BCUT2D eigenvalue weighted by atomic mass is 32.2. The number of ether oxygens (including phenoxy) is 1. The number of nitrogens with zero attached hydrogens (tertiary/aromatic N) is 1. The maximum absolute atomic E-state index is 13.0. The average Bonchev–Trinajstić information content (AvgIpc) is 3.07. The fraction of sp³-hybridized carbons (Fsp3) is 0.190. The number of aryl methyl sites for hydroxylation is 1. The minimum absolute atomic E-state index is 0.0422. The van der Waals surface area contributed by atoms with E-state index in [0.717, 1.165) is 28.1 Å². The van der Waals surface area contributed by atoms with Gasteiger partial charge in [0, 0.05) is 23.1 Å². The first-order chi connectivity index (χ1) is 15.1. The normalized spacial score (nSPS) is 11.0. The Bertz CT molecular complexity index is 1270. The number of hydrogen-bond acceptors (Lipinski definition) is 7. The van der Waals surface area contributed by atoms with Crippen LogP contribution in [0.15, 0.2) is 42.5 Å². The van der Waals surface area contributed by atoms with Gasteiger partial charge in [0.15, 0.2) is 5.13 Å². The lowest BCUT2D eigenvalue weighted by Gasteiger charge is -2.12. The van der Waals surface area contributed by atoms with Crippen LogP contribution in [-0.4, -0.2) is 38.6 Å². The number of carbonyl (C=O) groups is 2. The standard InChI is InChI=1S/C21H22N4O5S2/c1-12-19(14-5-8-16(30-3)9-6-14)23-21(31-12)24-20(27)17-11-15(22-13(2)26)7-10-18(17)25-32(4,28)29/h5-11,25H,1-4H3,(H,22,26)(H,23,24,27). The number of benzene rings is 2. The third kappa shape index (κ3) is 5.83. The van der Waals surface area contributed by atoms with Gasteiger partial charge in [0.25, 0.3) is 5.91 Å². The molecule has 1 heterocycles. The highest BCUT2D eigenvalue weighted by Crippen LogP contribution is 2.32. The van der Waals surface area contributed by atoms with E-state index >= 15 is 0 Å². The lowest BCUT2D eigenvalue weighted by molar-refractivity contribution is -0.114. The second-order valence-electron chi connectivity index (χ2n) is 6.92. The van der Waals surface area contributed by atoms with Crippen LogP contribution < -0.4 is 20.1 Å². The molecule has 0 aliphatic heterocycles. The van der Waals surface area contributed by atoms with Gasteiger partial charge >= 0.3 is 0 Å². The molecule has 0 fully saturated rings. The molecule has 0 atom stereocenters. The Morgan fingerprint density at radius 3 is 2.34 bits per heavy atom. The van der Waals surface area contributed by atoms with Gasteiger partial charge in [0.2, 0.25) is 15.9 Å². The summed E-state index contributed by atoms with van der Waals surface area (Å²) in [5.74, 6) is -0.168. The van der Waals surface area contributed by atoms with Gasteiger partial charge in [-0.3, -0.25) is 19.6 Å². The first-order valence-corrected chi connectivity index (χ1v) is 12.1. The molecule has 9 nitrogen and oxygen atoms in total. The summed E-state index contributed by atoms with van der Waals surface area (Å²) in [5.41, 5.74) is 2.07.